The number of halogens is 5. The standard InChI is InChI=1S/C32H33F5N2O5/c1-17-13-19(33)7-10-27(17)44-28-16-22(18-5-6-18)24(32(35,36)37)15-23(28)29(41)38-20-8-9-21(25(34)14-20)26(40)11-12-43-30(42)39-31(2,3)4/h7-10,13-16,18,26,40H,5-6,11-12H2,1-4H3,(H,38,41)(H,39,42). The number of carbonyl (C=O) groups is 2. The lowest BCUT2D eigenvalue weighted by Gasteiger charge is -2.20. The molecule has 3 aromatic rings. The summed E-state index contributed by atoms with van der Waals surface area (Å²) in [5.41, 5.74) is -1.83. The lowest BCUT2D eigenvalue weighted by Crippen LogP contribution is -2.41. The van der Waals surface area contributed by atoms with E-state index in [4.69, 9.17) is 9.47 Å². The molecule has 0 radical (unpaired) electrons. The number of anilines is 1. The van der Waals surface area contributed by atoms with Crippen molar-refractivity contribution in [3.8, 4) is 11.5 Å². The van der Waals surface area contributed by atoms with Crippen molar-refractivity contribution in [2.24, 2.45) is 0 Å². The van der Waals surface area contributed by atoms with Crippen LogP contribution in [-0.2, 0) is 10.9 Å². The Morgan fingerprint density at radius 3 is 2.30 bits per heavy atom. The normalized spacial score (nSPS) is 14.1. The molecule has 2 amide bonds. The number of carbonyl (C=O) groups excluding carboxylic acids is 2. The van der Waals surface area contributed by atoms with Crippen LogP contribution < -0.4 is 15.4 Å². The summed E-state index contributed by atoms with van der Waals surface area (Å²) in [5.74, 6) is -2.80. The number of ether oxygens (including phenoxy) is 2. The Bertz CT molecular complexity index is 1550. The third kappa shape index (κ3) is 8.46. The molecule has 44 heavy (non-hydrogen) atoms. The Morgan fingerprint density at radius 1 is 1.00 bits per heavy atom. The monoisotopic (exact) mass is 620 g/mol. The molecule has 1 saturated carbocycles. The molecule has 4 rings (SSSR count). The van der Waals surface area contributed by atoms with Crippen molar-refractivity contribution in [3.63, 3.8) is 0 Å². The Labute approximate surface area is 251 Å². The van der Waals surface area contributed by atoms with Crippen molar-refractivity contribution < 1.29 is 46.1 Å². The number of hydrogen-bond donors (Lipinski definition) is 3. The minimum absolute atomic E-state index is 0.00642. The fourth-order valence-corrected chi connectivity index (χ4v) is 4.52. The van der Waals surface area contributed by atoms with Gasteiger partial charge >= 0.3 is 12.3 Å². The molecule has 1 aliphatic rings. The van der Waals surface area contributed by atoms with Gasteiger partial charge in [-0.3, -0.25) is 4.79 Å². The molecule has 0 heterocycles. The SMILES string of the molecule is Cc1cc(F)ccc1Oc1cc(C2CC2)c(C(F)(F)F)cc1C(=O)Nc1ccc(C(O)CCOC(=O)NC(C)(C)C)c(F)c1. The zero-order chi connectivity index (χ0) is 32.4. The minimum Gasteiger partial charge on any atom is -0.456 e. The summed E-state index contributed by atoms with van der Waals surface area (Å²) in [6.45, 7) is 6.64. The van der Waals surface area contributed by atoms with Gasteiger partial charge in [0.15, 0.2) is 0 Å². The van der Waals surface area contributed by atoms with Crippen LogP contribution in [0.4, 0.5) is 32.4 Å². The van der Waals surface area contributed by atoms with Crippen LogP contribution in [0.2, 0.25) is 0 Å². The first-order valence-corrected chi connectivity index (χ1v) is 13.9. The third-order valence-electron chi connectivity index (χ3n) is 6.79. The van der Waals surface area contributed by atoms with E-state index >= 15 is 0 Å². The maximum Gasteiger partial charge on any atom is 0.416 e. The van der Waals surface area contributed by atoms with E-state index < -0.39 is 52.6 Å². The Balaban J connectivity index is 1.55. The summed E-state index contributed by atoms with van der Waals surface area (Å²) < 4.78 is 81.5. The second-order valence-electron chi connectivity index (χ2n) is 11.7. The Hall–Kier alpha value is -4.19. The van der Waals surface area contributed by atoms with E-state index in [0.29, 0.717) is 24.5 Å². The largest absolute Gasteiger partial charge is 0.456 e. The van der Waals surface area contributed by atoms with E-state index in [1.807, 2.05) is 0 Å². The summed E-state index contributed by atoms with van der Waals surface area (Å²) >= 11 is 0. The third-order valence-corrected chi connectivity index (χ3v) is 6.79. The van der Waals surface area contributed by atoms with Gasteiger partial charge in [-0.05, 0) is 100 Å². The minimum atomic E-state index is -4.75. The van der Waals surface area contributed by atoms with Crippen LogP contribution in [0.5, 0.6) is 11.5 Å². The Morgan fingerprint density at radius 2 is 1.70 bits per heavy atom. The van der Waals surface area contributed by atoms with Crippen molar-refractivity contribution in [1.29, 1.82) is 0 Å². The molecule has 0 bridgehead atoms. The highest BCUT2D eigenvalue weighted by Crippen LogP contribution is 2.48. The predicted molar refractivity (Wildman–Crippen MR) is 153 cm³/mol. The van der Waals surface area contributed by atoms with E-state index in [0.717, 1.165) is 12.1 Å². The van der Waals surface area contributed by atoms with Gasteiger partial charge in [-0.25, -0.2) is 13.6 Å². The number of rotatable bonds is 9. The zero-order valence-electron chi connectivity index (χ0n) is 24.6. The van der Waals surface area contributed by atoms with Crippen LogP contribution in [0.25, 0.3) is 0 Å². The maximum atomic E-state index is 14.9. The number of hydrogen-bond acceptors (Lipinski definition) is 5. The van der Waals surface area contributed by atoms with E-state index in [1.54, 1.807) is 27.7 Å². The van der Waals surface area contributed by atoms with Gasteiger partial charge in [-0.2, -0.15) is 13.2 Å². The zero-order valence-corrected chi connectivity index (χ0v) is 24.6. The molecule has 236 valence electrons. The second kappa shape index (κ2) is 12.8. The predicted octanol–water partition coefficient (Wildman–Crippen LogP) is 8.16. The van der Waals surface area contributed by atoms with Gasteiger partial charge in [0, 0.05) is 23.2 Å². The van der Waals surface area contributed by atoms with Crippen LogP contribution in [0.15, 0.2) is 48.5 Å². The van der Waals surface area contributed by atoms with Crippen LogP contribution >= 0.6 is 0 Å². The fraction of sp³-hybridized carbons (Fsp3) is 0.375. The average molecular weight is 621 g/mol. The summed E-state index contributed by atoms with van der Waals surface area (Å²) in [6.07, 6.45) is -5.80. The fourth-order valence-electron chi connectivity index (χ4n) is 4.52. The second-order valence-corrected chi connectivity index (χ2v) is 11.7. The number of alkyl carbamates (subject to hydrolysis) is 1. The van der Waals surface area contributed by atoms with E-state index in [2.05, 4.69) is 10.6 Å². The van der Waals surface area contributed by atoms with Crippen molar-refractivity contribution in [1.82, 2.24) is 5.32 Å². The molecule has 3 aromatic carbocycles. The smallest absolute Gasteiger partial charge is 0.416 e. The van der Waals surface area contributed by atoms with Gasteiger partial charge in [-0.1, -0.05) is 6.07 Å². The molecule has 1 unspecified atom stereocenters. The van der Waals surface area contributed by atoms with Crippen molar-refractivity contribution in [2.75, 3.05) is 11.9 Å². The molecular formula is C32H33F5N2O5. The summed E-state index contributed by atoms with van der Waals surface area (Å²) in [4.78, 5) is 25.1. The van der Waals surface area contributed by atoms with Gasteiger partial charge in [0.1, 0.15) is 23.1 Å². The molecule has 7 nitrogen and oxygen atoms in total. The molecule has 3 N–H and O–H groups in total. The molecule has 1 fully saturated rings. The summed E-state index contributed by atoms with van der Waals surface area (Å²) in [7, 11) is 0. The van der Waals surface area contributed by atoms with E-state index in [9.17, 15) is 36.6 Å². The molecule has 0 saturated heterocycles. The number of aryl methyl sites for hydroxylation is 1. The van der Waals surface area contributed by atoms with Crippen LogP contribution in [-0.4, -0.2) is 29.3 Å². The first kappa shape index (κ1) is 32.7. The summed E-state index contributed by atoms with van der Waals surface area (Å²) in [5, 5.41) is 15.4. The summed E-state index contributed by atoms with van der Waals surface area (Å²) in [6, 6.07) is 8.91. The average Bonchev–Trinajstić information content (AvgIpc) is 3.74. The van der Waals surface area contributed by atoms with Gasteiger partial charge in [0.25, 0.3) is 5.91 Å². The van der Waals surface area contributed by atoms with Gasteiger partial charge in [-0.15, -0.1) is 0 Å². The van der Waals surface area contributed by atoms with Crippen LogP contribution in [0.1, 0.15) is 84.7 Å². The molecule has 0 spiro atoms. The van der Waals surface area contributed by atoms with Gasteiger partial charge in [0.05, 0.1) is 23.8 Å². The first-order chi connectivity index (χ1) is 20.5. The highest BCUT2D eigenvalue weighted by molar-refractivity contribution is 6.06. The van der Waals surface area contributed by atoms with E-state index in [-0.39, 0.29) is 47.3 Å². The van der Waals surface area contributed by atoms with Gasteiger partial charge in [0.2, 0.25) is 0 Å². The van der Waals surface area contributed by atoms with E-state index in [1.165, 1.54) is 30.3 Å². The lowest BCUT2D eigenvalue weighted by molar-refractivity contribution is -0.138. The highest BCUT2D eigenvalue weighted by atomic mass is 19.4. The molecular weight excluding hydrogens is 587 g/mol. The van der Waals surface area contributed by atoms with Crippen molar-refractivity contribution >= 4 is 17.7 Å². The van der Waals surface area contributed by atoms with Gasteiger partial charge < -0.3 is 25.2 Å². The number of amides is 2. The lowest BCUT2D eigenvalue weighted by atomic mass is 9.98. The molecule has 12 heteroatoms. The number of nitrogens with one attached hydrogen (secondary N) is 2. The van der Waals surface area contributed by atoms with Crippen molar-refractivity contribution in [3.05, 3.63) is 88.0 Å². The molecule has 1 aliphatic carbocycles. The van der Waals surface area contributed by atoms with Crippen LogP contribution in [0, 0.1) is 18.6 Å². The van der Waals surface area contributed by atoms with Crippen molar-refractivity contribution in [2.45, 2.75) is 70.7 Å². The molecule has 0 aromatic heterocycles. The molecule has 0 aliphatic heterocycles. The Kier molecular flexibility index (Phi) is 9.53. The van der Waals surface area contributed by atoms with Crippen LogP contribution in [0.3, 0.4) is 0 Å². The number of aliphatic hydroxyl groups is 1. The number of aliphatic hydroxyl groups excluding tert-OH is 1. The number of alkyl halides is 3. The highest BCUT2D eigenvalue weighted by Gasteiger charge is 2.40. The number of benzene rings is 3. The maximum absolute atomic E-state index is 14.9. The molecule has 1 atom stereocenters. The quantitative estimate of drug-likeness (QED) is 0.210. The first-order valence-electron chi connectivity index (χ1n) is 13.9. The topological polar surface area (TPSA) is 96.9 Å².